The molecule has 0 spiro atoms. The summed E-state index contributed by atoms with van der Waals surface area (Å²) in [6.07, 6.45) is 1.12. The minimum atomic E-state index is -4.61. The molecule has 2 aromatic heterocycles. The predicted molar refractivity (Wildman–Crippen MR) is 126 cm³/mol. The van der Waals surface area contributed by atoms with E-state index in [1.165, 1.54) is 35.6 Å². The predicted octanol–water partition coefficient (Wildman–Crippen LogP) is 3.72. The Bertz CT molecular complexity index is 1480. The van der Waals surface area contributed by atoms with E-state index in [1.54, 1.807) is 18.2 Å². The van der Waals surface area contributed by atoms with Crippen molar-refractivity contribution >= 4 is 17.5 Å². The first kappa shape index (κ1) is 24.4. The summed E-state index contributed by atoms with van der Waals surface area (Å²) in [5.74, 6) is 5.33. The zero-order chi connectivity index (χ0) is 25.9. The summed E-state index contributed by atoms with van der Waals surface area (Å²) in [4.78, 5) is 24.8. The van der Waals surface area contributed by atoms with E-state index in [9.17, 15) is 23.1 Å². The number of anilines is 2. The van der Waals surface area contributed by atoms with E-state index in [4.69, 9.17) is 5.73 Å². The summed E-state index contributed by atoms with van der Waals surface area (Å²) in [6.45, 7) is 1.47. The van der Waals surface area contributed by atoms with Crippen molar-refractivity contribution in [1.29, 1.82) is 0 Å². The van der Waals surface area contributed by atoms with E-state index in [-0.39, 0.29) is 29.5 Å². The minimum absolute atomic E-state index is 0.0797. The fraction of sp³-hybridized carbons (Fsp3) is 0.120. The molecule has 1 amide bonds. The fourth-order valence-corrected chi connectivity index (χ4v) is 3.25. The molecule has 2 aromatic carbocycles. The van der Waals surface area contributed by atoms with Gasteiger partial charge in [0.2, 0.25) is 5.95 Å². The Morgan fingerprint density at radius 2 is 1.86 bits per heavy atom. The van der Waals surface area contributed by atoms with Crippen molar-refractivity contribution in [2.75, 3.05) is 11.1 Å². The number of aryl methyl sites for hydroxylation is 1. The number of benzene rings is 2. The number of alkyl halides is 3. The molecule has 0 aliphatic heterocycles. The first-order chi connectivity index (χ1) is 17.1. The topological polar surface area (TPSA) is 119 Å². The quantitative estimate of drug-likeness (QED) is 0.374. The molecule has 4 N–H and O–H groups in total. The standard InChI is InChI=1S/C25H19F3N6O2/c1-15-2-4-18(8-17(15)5-3-16-10-30-24(29)31-11-16)23(36)33-21-9-19(25(26,27)28)6-7-22(21)34-12-20(13-35)32-14-34/h2,4,6-12,14,35H,13H2,1H3,(H,33,36)(H2,29,30,31). The van der Waals surface area contributed by atoms with Crippen LogP contribution in [-0.4, -0.2) is 30.5 Å². The van der Waals surface area contributed by atoms with Crippen molar-refractivity contribution in [2.45, 2.75) is 19.7 Å². The van der Waals surface area contributed by atoms with Gasteiger partial charge in [0.05, 0.1) is 41.1 Å². The van der Waals surface area contributed by atoms with Crippen molar-refractivity contribution in [3.05, 3.63) is 94.8 Å². The summed E-state index contributed by atoms with van der Waals surface area (Å²) in [5, 5.41) is 11.8. The fourth-order valence-electron chi connectivity index (χ4n) is 3.25. The maximum atomic E-state index is 13.4. The molecule has 0 aliphatic rings. The second-order valence-electron chi connectivity index (χ2n) is 7.72. The van der Waals surface area contributed by atoms with Crippen LogP contribution in [0, 0.1) is 18.8 Å². The third kappa shape index (κ3) is 5.51. The number of imidazole rings is 1. The number of nitrogens with zero attached hydrogens (tertiary/aromatic N) is 4. The maximum absolute atomic E-state index is 13.4. The highest BCUT2D eigenvalue weighted by Crippen LogP contribution is 2.33. The first-order valence-corrected chi connectivity index (χ1v) is 10.5. The van der Waals surface area contributed by atoms with Crippen molar-refractivity contribution in [3.8, 4) is 17.5 Å². The average molecular weight is 492 g/mol. The first-order valence-electron chi connectivity index (χ1n) is 10.5. The number of amides is 1. The zero-order valence-electron chi connectivity index (χ0n) is 18.8. The van der Waals surface area contributed by atoms with Gasteiger partial charge in [0.15, 0.2) is 0 Å². The van der Waals surface area contributed by atoms with Crippen LogP contribution in [0.3, 0.4) is 0 Å². The van der Waals surface area contributed by atoms with Crippen LogP contribution >= 0.6 is 0 Å². The third-order valence-electron chi connectivity index (χ3n) is 5.16. The molecule has 0 fully saturated rings. The lowest BCUT2D eigenvalue weighted by Gasteiger charge is -2.15. The molecule has 11 heteroatoms. The van der Waals surface area contributed by atoms with Crippen molar-refractivity contribution in [3.63, 3.8) is 0 Å². The van der Waals surface area contributed by atoms with Crippen LogP contribution in [0.1, 0.15) is 38.3 Å². The monoisotopic (exact) mass is 492 g/mol. The van der Waals surface area contributed by atoms with Crippen molar-refractivity contribution < 1.29 is 23.1 Å². The van der Waals surface area contributed by atoms with Gasteiger partial charge in [-0.15, -0.1) is 0 Å². The van der Waals surface area contributed by atoms with Crippen LogP contribution in [0.5, 0.6) is 0 Å². The molecule has 0 radical (unpaired) electrons. The number of nitrogen functional groups attached to an aromatic ring is 1. The summed E-state index contributed by atoms with van der Waals surface area (Å²) in [5.41, 5.74) is 7.10. The van der Waals surface area contributed by atoms with E-state index >= 15 is 0 Å². The lowest BCUT2D eigenvalue weighted by atomic mass is 10.0. The highest BCUT2D eigenvalue weighted by Gasteiger charge is 2.31. The van der Waals surface area contributed by atoms with Crippen LogP contribution in [0.4, 0.5) is 24.8 Å². The molecule has 36 heavy (non-hydrogen) atoms. The second kappa shape index (κ2) is 9.89. The smallest absolute Gasteiger partial charge is 0.390 e. The van der Waals surface area contributed by atoms with Crippen LogP contribution in [-0.2, 0) is 12.8 Å². The van der Waals surface area contributed by atoms with Crippen molar-refractivity contribution in [1.82, 2.24) is 19.5 Å². The highest BCUT2D eigenvalue weighted by molar-refractivity contribution is 6.05. The largest absolute Gasteiger partial charge is 0.416 e. The zero-order valence-corrected chi connectivity index (χ0v) is 18.8. The van der Waals surface area contributed by atoms with Gasteiger partial charge in [-0.1, -0.05) is 17.9 Å². The number of nitrogens with two attached hydrogens (primary N) is 1. The van der Waals surface area contributed by atoms with Gasteiger partial charge in [0, 0.05) is 29.7 Å². The Hall–Kier alpha value is -4.69. The van der Waals surface area contributed by atoms with Gasteiger partial charge in [0.25, 0.3) is 5.91 Å². The van der Waals surface area contributed by atoms with Gasteiger partial charge in [-0.05, 0) is 42.8 Å². The third-order valence-corrected chi connectivity index (χ3v) is 5.16. The van der Waals surface area contributed by atoms with E-state index in [0.717, 1.165) is 17.7 Å². The van der Waals surface area contributed by atoms with Gasteiger partial charge in [0.1, 0.15) is 0 Å². The molecule has 0 atom stereocenters. The molecule has 4 rings (SSSR count). The van der Waals surface area contributed by atoms with E-state index in [0.29, 0.717) is 16.8 Å². The van der Waals surface area contributed by atoms with Gasteiger partial charge in [-0.3, -0.25) is 4.79 Å². The van der Waals surface area contributed by atoms with E-state index in [2.05, 4.69) is 32.1 Å². The molecule has 0 aliphatic carbocycles. The Kier molecular flexibility index (Phi) is 6.71. The summed E-state index contributed by atoms with van der Waals surface area (Å²) in [7, 11) is 0. The number of hydrogen-bond donors (Lipinski definition) is 3. The maximum Gasteiger partial charge on any atom is 0.416 e. The Morgan fingerprint density at radius 3 is 2.53 bits per heavy atom. The average Bonchev–Trinajstić information content (AvgIpc) is 3.33. The van der Waals surface area contributed by atoms with Crippen LogP contribution in [0.25, 0.3) is 5.69 Å². The van der Waals surface area contributed by atoms with Gasteiger partial charge in [-0.25, -0.2) is 15.0 Å². The number of carbonyl (C=O) groups is 1. The van der Waals surface area contributed by atoms with Gasteiger partial charge in [-0.2, -0.15) is 13.2 Å². The number of nitrogens with one attached hydrogen (secondary N) is 1. The molecule has 2 heterocycles. The Balaban J connectivity index is 1.67. The molecular weight excluding hydrogens is 473 g/mol. The molecular formula is C25H19F3N6O2. The number of aliphatic hydroxyl groups is 1. The normalized spacial score (nSPS) is 11.0. The van der Waals surface area contributed by atoms with E-state index < -0.39 is 17.6 Å². The van der Waals surface area contributed by atoms with Crippen LogP contribution < -0.4 is 11.1 Å². The second-order valence-corrected chi connectivity index (χ2v) is 7.72. The van der Waals surface area contributed by atoms with Crippen molar-refractivity contribution in [2.24, 2.45) is 0 Å². The summed E-state index contributed by atoms with van der Waals surface area (Å²) in [6, 6.07) is 7.77. The number of rotatable bonds is 4. The number of hydrogen-bond acceptors (Lipinski definition) is 6. The lowest BCUT2D eigenvalue weighted by Crippen LogP contribution is -2.15. The SMILES string of the molecule is Cc1ccc(C(=O)Nc2cc(C(F)(F)F)ccc2-n2cnc(CO)c2)cc1C#Cc1cnc(N)nc1. The number of aliphatic hydroxyl groups excluding tert-OH is 1. The molecule has 4 aromatic rings. The Morgan fingerprint density at radius 1 is 1.11 bits per heavy atom. The molecule has 0 bridgehead atoms. The molecule has 182 valence electrons. The number of aromatic nitrogens is 4. The minimum Gasteiger partial charge on any atom is -0.390 e. The highest BCUT2D eigenvalue weighted by atomic mass is 19.4. The van der Waals surface area contributed by atoms with E-state index in [1.807, 2.05) is 6.92 Å². The summed E-state index contributed by atoms with van der Waals surface area (Å²) >= 11 is 0. The van der Waals surface area contributed by atoms with Crippen LogP contribution in [0.15, 0.2) is 61.3 Å². The molecule has 8 nitrogen and oxygen atoms in total. The van der Waals surface area contributed by atoms with Crippen LogP contribution in [0.2, 0.25) is 0 Å². The lowest BCUT2D eigenvalue weighted by molar-refractivity contribution is -0.137. The molecule has 0 saturated heterocycles. The van der Waals surface area contributed by atoms with Gasteiger partial charge < -0.3 is 20.7 Å². The molecule has 0 saturated carbocycles. The Labute approximate surface area is 203 Å². The summed E-state index contributed by atoms with van der Waals surface area (Å²) < 4.78 is 41.5. The number of halogens is 3. The molecule has 0 unspecified atom stereocenters. The van der Waals surface area contributed by atoms with Gasteiger partial charge >= 0.3 is 6.18 Å². The number of carbonyl (C=O) groups excluding carboxylic acids is 1.